The molecule has 75 heavy (non-hydrogen) atoms. The van der Waals surface area contributed by atoms with Crippen molar-refractivity contribution < 1.29 is 35.3 Å². The third-order valence-corrected chi connectivity index (χ3v) is 14.4. The smallest absolute Gasteiger partial charge is 0.503 e. The molecular weight excluding hydrogens is 1100 g/mol. The van der Waals surface area contributed by atoms with Crippen molar-refractivity contribution in [2.45, 2.75) is 26.2 Å². The first-order valence-corrected chi connectivity index (χ1v) is 25.0. The van der Waals surface area contributed by atoms with Gasteiger partial charge in [0, 0.05) is 52.2 Å². The van der Waals surface area contributed by atoms with E-state index in [9.17, 15) is 0 Å². The van der Waals surface area contributed by atoms with Crippen LogP contribution >= 0.6 is 0 Å². The maximum absolute atomic E-state index is 6.75. The standard InChI is InChI=1S/C66H45BN4O3.Pt/c1-66(2,3)47-32-33-68-62(40-47)71-56-31-28-44(46-38-60-63-61(39-46)74-59-27-13-11-25-55(59)67(63)54-24-10-12-26-58(54)73-60)37-53(56)52-30-29-49(41-57(52)71)72-48-21-14-20-45(36-48)65-69-34-35-70(65)64-50(42-16-6-4-7-17-42)22-15-23-51(64)43-18-8-5-9-19-43;/h4-35,37-40H,1-3H3;/q-2;+2. The number of pyridine rings is 1. The summed E-state index contributed by atoms with van der Waals surface area (Å²) in [6.45, 7) is 6.68. The summed E-state index contributed by atoms with van der Waals surface area (Å²) in [6, 6.07) is 76.7. The minimum absolute atomic E-state index is 0. The van der Waals surface area contributed by atoms with Gasteiger partial charge >= 0.3 is 21.1 Å². The van der Waals surface area contributed by atoms with Gasteiger partial charge in [-0.25, -0.2) is 4.98 Å². The summed E-state index contributed by atoms with van der Waals surface area (Å²) < 4.78 is 24.5. The Kier molecular flexibility index (Phi) is 11.3. The Morgan fingerprint density at radius 1 is 0.520 bits per heavy atom. The zero-order valence-corrected chi connectivity index (χ0v) is 43.5. The van der Waals surface area contributed by atoms with Crippen LogP contribution in [0.5, 0.6) is 34.5 Å². The van der Waals surface area contributed by atoms with Crippen molar-refractivity contribution in [1.82, 2.24) is 19.1 Å². The van der Waals surface area contributed by atoms with Gasteiger partial charge in [-0.3, -0.25) is 4.98 Å². The van der Waals surface area contributed by atoms with Crippen molar-refractivity contribution in [3.63, 3.8) is 0 Å². The van der Waals surface area contributed by atoms with Crippen LogP contribution in [-0.4, -0.2) is 25.8 Å². The Morgan fingerprint density at radius 2 is 1.16 bits per heavy atom. The fourth-order valence-corrected chi connectivity index (χ4v) is 10.9. The predicted molar refractivity (Wildman–Crippen MR) is 298 cm³/mol. The number of nitrogens with zero attached hydrogens (tertiary/aromatic N) is 4. The molecule has 0 aliphatic carbocycles. The first-order valence-electron chi connectivity index (χ1n) is 25.0. The van der Waals surface area contributed by atoms with Crippen molar-refractivity contribution >= 4 is 44.9 Å². The summed E-state index contributed by atoms with van der Waals surface area (Å²) in [4.78, 5) is 9.93. The van der Waals surface area contributed by atoms with E-state index >= 15 is 0 Å². The molecule has 2 aliphatic rings. The van der Waals surface area contributed by atoms with Gasteiger partial charge in [0.2, 0.25) is 0 Å². The van der Waals surface area contributed by atoms with Crippen LogP contribution in [0.1, 0.15) is 26.3 Å². The van der Waals surface area contributed by atoms with Gasteiger partial charge in [0.25, 0.3) is 6.71 Å². The number of benzene rings is 9. The fraction of sp³-hybridized carbons (Fsp3) is 0.0606. The molecule has 9 aromatic carbocycles. The number of aromatic nitrogens is 4. The van der Waals surface area contributed by atoms with Crippen molar-refractivity contribution in [3.05, 3.63) is 236 Å². The summed E-state index contributed by atoms with van der Waals surface area (Å²) in [6.07, 6.45) is 5.77. The summed E-state index contributed by atoms with van der Waals surface area (Å²) in [5.74, 6) is 5.95. The summed E-state index contributed by atoms with van der Waals surface area (Å²) in [7, 11) is 0. The van der Waals surface area contributed by atoms with Crippen LogP contribution in [0, 0.1) is 12.1 Å². The number of hydrogen-bond donors (Lipinski definition) is 0. The molecule has 9 heteroatoms. The Bertz CT molecular complexity index is 4050. The van der Waals surface area contributed by atoms with E-state index in [2.05, 4.69) is 194 Å². The van der Waals surface area contributed by atoms with Crippen molar-refractivity contribution in [2.75, 3.05) is 0 Å². The molecule has 0 radical (unpaired) electrons. The van der Waals surface area contributed by atoms with E-state index < -0.39 is 0 Å². The molecule has 0 saturated carbocycles. The fourth-order valence-electron chi connectivity index (χ4n) is 10.9. The Morgan fingerprint density at radius 3 is 1.84 bits per heavy atom. The molecule has 7 nitrogen and oxygen atoms in total. The predicted octanol–water partition coefficient (Wildman–Crippen LogP) is 14.4. The number of rotatable bonds is 8. The van der Waals surface area contributed by atoms with Gasteiger partial charge < -0.3 is 23.3 Å². The maximum Gasteiger partial charge on any atom is 2.00 e. The van der Waals surface area contributed by atoms with Gasteiger partial charge in [0.1, 0.15) is 28.8 Å². The molecular formula is C66H45BN4O3Pt. The molecule has 0 saturated heterocycles. The first kappa shape index (κ1) is 46.1. The third-order valence-electron chi connectivity index (χ3n) is 14.4. The van der Waals surface area contributed by atoms with Crippen molar-refractivity contribution in [2.24, 2.45) is 0 Å². The van der Waals surface area contributed by atoms with E-state index in [4.69, 9.17) is 24.2 Å². The van der Waals surface area contributed by atoms with Gasteiger partial charge in [-0.05, 0) is 92.0 Å². The van der Waals surface area contributed by atoms with E-state index in [1.807, 2.05) is 67.1 Å². The third kappa shape index (κ3) is 7.96. The summed E-state index contributed by atoms with van der Waals surface area (Å²) in [5, 5.41) is 2.06. The van der Waals surface area contributed by atoms with Crippen LogP contribution in [-0.2, 0) is 26.5 Å². The van der Waals surface area contributed by atoms with E-state index in [-0.39, 0.29) is 33.2 Å². The molecule has 12 aromatic rings. The van der Waals surface area contributed by atoms with Crippen LogP contribution < -0.4 is 30.6 Å². The van der Waals surface area contributed by atoms with Crippen LogP contribution in [0.15, 0.2) is 219 Å². The molecule has 14 rings (SSSR count). The van der Waals surface area contributed by atoms with E-state index in [1.165, 1.54) is 5.56 Å². The molecule has 2 aliphatic heterocycles. The van der Waals surface area contributed by atoms with Crippen LogP contribution in [0.2, 0.25) is 0 Å². The second-order valence-electron chi connectivity index (χ2n) is 20.0. The number of hydrogen-bond acceptors (Lipinski definition) is 5. The van der Waals surface area contributed by atoms with Gasteiger partial charge in [0.15, 0.2) is 0 Å². The van der Waals surface area contributed by atoms with Crippen LogP contribution in [0.4, 0.5) is 0 Å². The second kappa shape index (κ2) is 18.3. The van der Waals surface area contributed by atoms with E-state index in [1.54, 1.807) is 0 Å². The molecule has 5 heterocycles. The van der Waals surface area contributed by atoms with Crippen LogP contribution in [0.3, 0.4) is 0 Å². The molecule has 0 spiro atoms. The van der Waals surface area contributed by atoms with Crippen molar-refractivity contribution in [3.8, 4) is 90.8 Å². The zero-order chi connectivity index (χ0) is 49.5. The Balaban J connectivity index is 0.00000541. The molecule has 3 aromatic heterocycles. The average molecular weight is 1150 g/mol. The number of imidazole rings is 1. The summed E-state index contributed by atoms with van der Waals surface area (Å²) >= 11 is 0. The zero-order valence-electron chi connectivity index (χ0n) is 41.2. The molecule has 0 fully saturated rings. The second-order valence-corrected chi connectivity index (χ2v) is 20.0. The number of para-hydroxylation sites is 3. The summed E-state index contributed by atoms with van der Waals surface area (Å²) in [5.41, 5.74) is 14.5. The topological polar surface area (TPSA) is 63.3 Å². The minimum atomic E-state index is -0.0964. The van der Waals surface area contributed by atoms with E-state index in [0.717, 1.165) is 117 Å². The van der Waals surface area contributed by atoms with E-state index in [0.29, 0.717) is 11.5 Å². The average Bonchev–Trinajstić information content (AvgIpc) is 4.11. The molecule has 360 valence electrons. The minimum Gasteiger partial charge on any atom is -0.503 e. The van der Waals surface area contributed by atoms with Gasteiger partial charge in [0.05, 0.1) is 11.5 Å². The van der Waals surface area contributed by atoms with Gasteiger partial charge in [-0.2, -0.15) is 6.07 Å². The molecule has 0 unspecified atom stereocenters. The SMILES string of the molecule is CC(C)(C)c1ccnc(-n2c3[c-]c(Oc4[c-]c(-c5nccn5-c5c(-c6ccccc6)cccc5-c5ccccc5)ccc4)ccc3c3cc(-c4cc5c6c(c4)Oc4ccccc4B6c4ccccc4O5)ccc32)c1.[Pt+2]. The first-order chi connectivity index (χ1) is 36.3. The number of fused-ring (bicyclic) bond motifs is 7. The van der Waals surface area contributed by atoms with Gasteiger partial charge in [-0.1, -0.05) is 160 Å². The normalized spacial score (nSPS) is 12.3. The Labute approximate surface area is 450 Å². The van der Waals surface area contributed by atoms with Gasteiger partial charge in [-0.15, -0.1) is 41.3 Å². The number of ether oxygens (including phenoxy) is 3. The monoisotopic (exact) mass is 1150 g/mol. The molecule has 0 amide bonds. The molecule has 0 bridgehead atoms. The quantitative estimate of drug-likeness (QED) is 0.112. The maximum atomic E-state index is 6.75. The Hall–Kier alpha value is -8.71. The van der Waals surface area contributed by atoms with Crippen molar-refractivity contribution in [1.29, 1.82) is 0 Å². The molecule has 0 atom stereocenters. The van der Waals surface area contributed by atoms with Crippen LogP contribution in [0.25, 0.3) is 78.1 Å². The largest absolute Gasteiger partial charge is 2.00 e. The molecule has 0 N–H and O–H groups in total.